The summed E-state index contributed by atoms with van der Waals surface area (Å²) in [5, 5.41) is 6.39. The Morgan fingerprint density at radius 3 is 2.30 bits per heavy atom. The maximum atomic E-state index is 12.7. The van der Waals surface area contributed by atoms with Gasteiger partial charge in [0, 0.05) is 45.5 Å². The highest BCUT2D eigenvalue weighted by Crippen LogP contribution is 2.15. The van der Waals surface area contributed by atoms with E-state index in [0.717, 1.165) is 12.8 Å². The van der Waals surface area contributed by atoms with Gasteiger partial charge in [-0.2, -0.15) is 22.1 Å². The first-order valence-electron chi connectivity index (χ1n) is 8.04. The molecule has 1 aromatic rings. The third-order valence-electron chi connectivity index (χ3n) is 3.87. The lowest BCUT2D eigenvalue weighted by Gasteiger charge is -2.36. The molecule has 0 aliphatic carbocycles. The van der Waals surface area contributed by atoms with E-state index in [1.807, 2.05) is 13.8 Å². The van der Waals surface area contributed by atoms with Crippen LogP contribution in [0.4, 0.5) is 0 Å². The number of nitrogens with zero attached hydrogens (tertiary/aromatic N) is 4. The fourth-order valence-corrected chi connectivity index (χ4v) is 4.45. The van der Waals surface area contributed by atoms with Crippen LogP contribution in [0.15, 0.2) is 12.4 Å². The fraction of sp³-hybridized carbons (Fsp3) is 0.714. The molecule has 130 valence electrons. The van der Waals surface area contributed by atoms with E-state index in [-0.39, 0.29) is 5.91 Å². The van der Waals surface area contributed by atoms with E-state index in [4.69, 9.17) is 0 Å². The number of hydrogen-bond donors (Lipinski definition) is 1. The molecule has 0 atom stereocenters. The Bertz CT molecular complexity index is 588. The van der Waals surface area contributed by atoms with Crippen LogP contribution >= 0.6 is 0 Å². The number of hydrogen-bond acceptors (Lipinski definition) is 4. The number of rotatable bonds is 7. The predicted octanol–water partition coefficient (Wildman–Crippen LogP) is 0.534. The van der Waals surface area contributed by atoms with E-state index in [0.29, 0.717) is 44.8 Å². The molecule has 1 aliphatic rings. The molecule has 0 saturated carbocycles. The van der Waals surface area contributed by atoms with Crippen LogP contribution in [-0.4, -0.2) is 77.3 Å². The van der Waals surface area contributed by atoms with Gasteiger partial charge < -0.3 is 4.90 Å². The zero-order chi connectivity index (χ0) is 16.9. The van der Waals surface area contributed by atoms with E-state index < -0.39 is 10.2 Å². The first-order valence-corrected chi connectivity index (χ1v) is 9.43. The number of aromatic nitrogens is 2. The summed E-state index contributed by atoms with van der Waals surface area (Å²) in [6.07, 6.45) is 4.61. The average molecular weight is 343 g/mol. The summed E-state index contributed by atoms with van der Waals surface area (Å²) in [7, 11) is -3.44. The minimum atomic E-state index is -3.44. The van der Waals surface area contributed by atoms with Gasteiger partial charge >= 0.3 is 0 Å². The van der Waals surface area contributed by atoms with E-state index in [1.165, 1.54) is 10.5 Å². The summed E-state index contributed by atoms with van der Waals surface area (Å²) in [6.45, 7) is 6.46. The van der Waals surface area contributed by atoms with Crippen molar-refractivity contribution in [3.63, 3.8) is 0 Å². The monoisotopic (exact) mass is 343 g/mol. The molecule has 0 radical (unpaired) electrons. The van der Waals surface area contributed by atoms with Gasteiger partial charge in [0.15, 0.2) is 0 Å². The van der Waals surface area contributed by atoms with Gasteiger partial charge in [-0.15, -0.1) is 0 Å². The van der Waals surface area contributed by atoms with Crippen LogP contribution in [0.3, 0.4) is 0 Å². The summed E-state index contributed by atoms with van der Waals surface area (Å²) >= 11 is 0. The number of carbonyl (C=O) groups is 1. The summed E-state index contributed by atoms with van der Waals surface area (Å²) in [6, 6.07) is 0. The molecule has 0 aromatic carbocycles. The Balaban J connectivity index is 1.98. The molecular formula is C14H25N5O3S. The summed E-state index contributed by atoms with van der Waals surface area (Å²) < 4.78 is 28.4. The lowest BCUT2D eigenvalue weighted by atomic mass is 10.2. The quantitative estimate of drug-likeness (QED) is 0.782. The second-order valence-corrected chi connectivity index (χ2v) is 7.51. The van der Waals surface area contributed by atoms with Crippen LogP contribution in [-0.2, 0) is 10.2 Å². The smallest absolute Gasteiger partial charge is 0.282 e. The van der Waals surface area contributed by atoms with Crippen LogP contribution < -0.4 is 0 Å². The van der Waals surface area contributed by atoms with Gasteiger partial charge in [0.2, 0.25) is 0 Å². The third-order valence-corrected chi connectivity index (χ3v) is 5.91. The molecule has 1 aromatic heterocycles. The Hall–Kier alpha value is -1.45. The van der Waals surface area contributed by atoms with Crippen molar-refractivity contribution in [1.29, 1.82) is 0 Å². The second kappa shape index (κ2) is 7.89. The van der Waals surface area contributed by atoms with E-state index in [9.17, 15) is 13.2 Å². The van der Waals surface area contributed by atoms with Gasteiger partial charge in [-0.3, -0.25) is 9.89 Å². The first-order chi connectivity index (χ1) is 11.0. The van der Waals surface area contributed by atoms with Gasteiger partial charge in [-0.25, -0.2) is 0 Å². The number of H-pyrrole nitrogens is 1. The molecule has 9 heteroatoms. The van der Waals surface area contributed by atoms with E-state index in [1.54, 1.807) is 15.4 Å². The second-order valence-electron chi connectivity index (χ2n) is 5.59. The SMILES string of the molecule is CCCN(CCC)S(=O)(=O)N1CCN(C(=O)c2cn[nH]c2)CC1. The van der Waals surface area contributed by atoms with Gasteiger partial charge in [0.1, 0.15) is 0 Å². The Kier molecular flexibility index (Phi) is 6.14. The summed E-state index contributed by atoms with van der Waals surface area (Å²) in [5.74, 6) is -0.116. The molecule has 1 saturated heterocycles. The van der Waals surface area contributed by atoms with Crippen molar-refractivity contribution >= 4 is 16.1 Å². The van der Waals surface area contributed by atoms with Crippen LogP contribution in [0.1, 0.15) is 37.0 Å². The molecule has 23 heavy (non-hydrogen) atoms. The van der Waals surface area contributed by atoms with E-state index >= 15 is 0 Å². The Labute approximate surface area is 137 Å². The molecule has 1 fully saturated rings. The molecule has 1 amide bonds. The van der Waals surface area contributed by atoms with Crippen LogP contribution in [0.2, 0.25) is 0 Å². The maximum Gasteiger partial charge on any atom is 0.282 e. The molecule has 0 bridgehead atoms. The Morgan fingerprint density at radius 1 is 1.22 bits per heavy atom. The maximum absolute atomic E-state index is 12.7. The van der Waals surface area contributed by atoms with Gasteiger partial charge in [0.05, 0.1) is 11.8 Å². The largest absolute Gasteiger partial charge is 0.336 e. The number of carbonyl (C=O) groups excluding carboxylic acids is 1. The van der Waals surface area contributed by atoms with Crippen molar-refractivity contribution in [3.8, 4) is 0 Å². The minimum Gasteiger partial charge on any atom is -0.336 e. The average Bonchev–Trinajstić information content (AvgIpc) is 3.08. The van der Waals surface area contributed by atoms with Crippen molar-refractivity contribution in [1.82, 2.24) is 23.7 Å². The van der Waals surface area contributed by atoms with Crippen LogP contribution in [0, 0.1) is 0 Å². The van der Waals surface area contributed by atoms with Gasteiger partial charge in [0.25, 0.3) is 16.1 Å². The lowest BCUT2D eigenvalue weighted by molar-refractivity contribution is 0.0694. The molecule has 2 heterocycles. The standard InChI is InChI=1S/C14H25N5O3S/c1-3-5-18(6-4-2)23(21,22)19-9-7-17(8-10-19)14(20)13-11-15-16-12-13/h11-12H,3-10H2,1-2H3,(H,15,16). The predicted molar refractivity (Wildman–Crippen MR) is 87.1 cm³/mol. The first kappa shape index (κ1) is 17.9. The number of piperazine rings is 1. The van der Waals surface area contributed by atoms with Crippen molar-refractivity contribution < 1.29 is 13.2 Å². The molecule has 2 rings (SSSR count). The summed E-state index contributed by atoms with van der Waals surface area (Å²) in [4.78, 5) is 13.9. The molecule has 1 N–H and O–H groups in total. The van der Waals surface area contributed by atoms with Gasteiger partial charge in [-0.05, 0) is 12.8 Å². The molecule has 1 aliphatic heterocycles. The molecular weight excluding hydrogens is 318 g/mol. The zero-order valence-electron chi connectivity index (χ0n) is 13.7. The fourth-order valence-electron chi connectivity index (χ4n) is 2.68. The van der Waals surface area contributed by atoms with Gasteiger partial charge in [-0.1, -0.05) is 13.8 Å². The van der Waals surface area contributed by atoms with Crippen molar-refractivity contribution in [2.24, 2.45) is 0 Å². The molecule has 0 spiro atoms. The van der Waals surface area contributed by atoms with E-state index in [2.05, 4.69) is 10.2 Å². The third kappa shape index (κ3) is 4.10. The number of nitrogens with one attached hydrogen (secondary N) is 1. The number of amides is 1. The van der Waals surface area contributed by atoms with Crippen molar-refractivity contribution in [2.75, 3.05) is 39.3 Å². The number of aromatic amines is 1. The minimum absolute atomic E-state index is 0.116. The van der Waals surface area contributed by atoms with Crippen LogP contribution in [0.25, 0.3) is 0 Å². The topological polar surface area (TPSA) is 89.6 Å². The highest BCUT2D eigenvalue weighted by molar-refractivity contribution is 7.86. The zero-order valence-corrected chi connectivity index (χ0v) is 14.5. The normalized spacial score (nSPS) is 16.9. The molecule has 0 unspecified atom stereocenters. The molecule has 8 nitrogen and oxygen atoms in total. The Morgan fingerprint density at radius 2 is 1.83 bits per heavy atom. The highest BCUT2D eigenvalue weighted by atomic mass is 32.2. The summed E-state index contributed by atoms with van der Waals surface area (Å²) in [5.41, 5.74) is 0.500. The van der Waals surface area contributed by atoms with Crippen molar-refractivity contribution in [3.05, 3.63) is 18.0 Å². The van der Waals surface area contributed by atoms with Crippen molar-refractivity contribution in [2.45, 2.75) is 26.7 Å². The highest BCUT2D eigenvalue weighted by Gasteiger charge is 2.33. The lowest BCUT2D eigenvalue weighted by Crippen LogP contribution is -2.54. The van der Waals surface area contributed by atoms with Crippen LogP contribution in [0.5, 0.6) is 0 Å².